The first-order valence-electron chi connectivity index (χ1n) is 5.95. The molecular weight excluding hydrogens is 346 g/mol. The Morgan fingerprint density at radius 2 is 2.05 bits per heavy atom. The summed E-state index contributed by atoms with van der Waals surface area (Å²) < 4.78 is 49.0. The zero-order chi connectivity index (χ0) is 16.5. The van der Waals surface area contributed by atoms with Crippen LogP contribution in [0.3, 0.4) is 0 Å². The molecule has 2 aromatic rings. The van der Waals surface area contributed by atoms with Gasteiger partial charge in [-0.1, -0.05) is 28.4 Å². The molecule has 22 heavy (non-hydrogen) atoms. The van der Waals surface area contributed by atoms with E-state index in [2.05, 4.69) is 9.89 Å². The first-order valence-corrected chi connectivity index (χ1v) is 6.70. The first-order chi connectivity index (χ1) is 10.3. The maximum Gasteiger partial charge on any atom is 0.422 e. The number of carbonyl (C=O) groups excluding carboxylic acids is 1. The molecule has 0 saturated heterocycles. The molecule has 0 bridgehead atoms. The molecule has 0 atom stereocenters. The van der Waals surface area contributed by atoms with Gasteiger partial charge in [-0.25, -0.2) is 4.79 Å². The number of carbonyl (C=O) groups is 1. The summed E-state index contributed by atoms with van der Waals surface area (Å²) in [7, 11) is 0. The van der Waals surface area contributed by atoms with Crippen molar-refractivity contribution in [3.05, 3.63) is 39.5 Å². The van der Waals surface area contributed by atoms with Gasteiger partial charge in [0.2, 0.25) is 5.69 Å². The van der Waals surface area contributed by atoms with Gasteiger partial charge in [-0.2, -0.15) is 13.2 Å². The monoisotopic (exact) mass is 353 g/mol. The summed E-state index contributed by atoms with van der Waals surface area (Å²) in [5.74, 6) is -1.90. The van der Waals surface area contributed by atoms with Crippen molar-refractivity contribution in [1.29, 1.82) is 0 Å². The predicted octanol–water partition coefficient (Wildman–Crippen LogP) is 4.84. The van der Waals surface area contributed by atoms with Crippen LogP contribution in [0.1, 0.15) is 23.0 Å². The molecule has 1 aromatic heterocycles. The normalized spacial score (nSPS) is 11.5. The lowest BCUT2D eigenvalue weighted by Crippen LogP contribution is -2.15. The predicted molar refractivity (Wildman–Crippen MR) is 72.9 cm³/mol. The van der Waals surface area contributed by atoms with Gasteiger partial charge >= 0.3 is 12.1 Å². The molecule has 9 heteroatoms. The van der Waals surface area contributed by atoms with Gasteiger partial charge in [-0.3, -0.25) is 0 Å². The third-order valence-corrected chi connectivity index (χ3v) is 3.17. The van der Waals surface area contributed by atoms with E-state index in [4.69, 9.17) is 27.7 Å². The highest BCUT2D eigenvalue weighted by molar-refractivity contribution is 6.36. The van der Waals surface area contributed by atoms with E-state index in [0.717, 1.165) is 0 Å². The highest BCUT2D eigenvalue weighted by atomic mass is 35.5. The summed E-state index contributed by atoms with van der Waals surface area (Å²) in [6.45, 7) is 1.36. The molecule has 2 rings (SSSR count). The van der Waals surface area contributed by atoms with Crippen LogP contribution in [0.5, 0.6) is 0 Å². The van der Waals surface area contributed by atoms with Crippen LogP contribution in [0.15, 0.2) is 22.7 Å². The number of ether oxygens (including phenoxy) is 1. The van der Waals surface area contributed by atoms with Gasteiger partial charge in [0.25, 0.3) is 0 Å². The highest BCUT2D eigenvalue weighted by Gasteiger charge is 2.43. The number of alkyl halides is 3. The second-order valence-corrected chi connectivity index (χ2v) is 4.92. The fraction of sp³-hybridized carbons (Fsp3) is 0.231. The summed E-state index contributed by atoms with van der Waals surface area (Å²) in [5, 5.41) is 3.36. The van der Waals surface area contributed by atoms with Crippen LogP contribution in [0.25, 0.3) is 11.3 Å². The number of hydrogen-bond acceptors (Lipinski definition) is 4. The number of rotatable bonds is 3. The molecule has 4 nitrogen and oxygen atoms in total. The first kappa shape index (κ1) is 16.6. The van der Waals surface area contributed by atoms with Crippen molar-refractivity contribution in [2.45, 2.75) is 13.1 Å². The van der Waals surface area contributed by atoms with Crippen LogP contribution in [-0.4, -0.2) is 17.7 Å². The Bertz CT molecular complexity index is 713. The number of nitrogens with zero attached hydrogens (tertiary/aromatic N) is 1. The van der Waals surface area contributed by atoms with E-state index in [9.17, 15) is 18.0 Å². The van der Waals surface area contributed by atoms with Gasteiger partial charge in [0.15, 0.2) is 5.76 Å². The zero-order valence-corrected chi connectivity index (χ0v) is 12.5. The van der Waals surface area contributed by atoms with Crippen molar-refractivity contribution in [2.75, 3.05) is 6.61 Å². The van der Waals surface area contributed by atoms with Crippen LogP contribution < -0.4 is 0 Å². The molecule has 0 unspecified atom stereocenters. The lowest BCUT2D eigenvalue weighted by Gasteiger charge is -2.09. The average molecular weight is 354 g/mol. The second kappa shape index (κ2) is 6.18. The van der Waals surface area contributed by atoms with Crippen LogP contribution in [0.2, 0.25) is 10.0 Å². The Hall–Kier alpha value is -1.73. The van der Waals surface area contributed by atoms with E-state index in [1.807, 2.05) is 0 Å². The molecule has 0 amide bonds. The third-order valence-electron chi connectivity index (χ3n) is 2.62. The molecule has 0 saturated carbocycles. The molecule has 1 heterocycles. The molecule has 0 N–H and O–H groups in total. The Labute approximate surface area is 132 Å². The standard InChI is InChI=1S/C13H8Cl2F3NO3/c1-2-21-12(20)10-9(13(16,17)18)11(22-19-10)7-4-3-6(14)5-8(7)15/h3-5H,2H2,1H3. The van der Waals surface area contributed by atoms with Crippen molar-refractivity contribution in [3.8, 4) is 11.3 Å². The van der Waals surface area contributed by atoms with Gasteiger partial charge in [-0.05, 0) is 25.1 Å². The number of hydrogen-bond donors (Lipinski definition) is 0. The van der Waals surface area contributed by atoms with Crippen LogP contribution in [0, 0.1) is 0 Å². The molecule has 0 fully saturated rings. The highest BCUT2D eigenvalue weighted by Crippen LogP contribution is 2.42. The van der Waals surface area contributed by atoms with E-state index < -0.39 is 29.2 Å². The van der Waals surface area contributed by atoms with Gasteiger partial charge in [0, 0.05) is 10.6 Å². The van der Waals surface area contributed by atoms with Crippen molar-refractivity contribution in [2.24, 2.45) is 0 Å². The second-order valence-electron chi connectivity index (χ2n) is 4.08. The van der Waals surface area contributed by atoms with Crippen LogP contribution in [-0.2, 0) is 10.9 Å². The van der Waals surface area contributed by atoms with Crippen molar-refractivity contribution in [3.63, 3.8) is 0 Å². The molecule has 0 aliphatic rings. The molecule has 0 spiro atoms. The summed E-state index contributed by atoms with van der Waals surface area (Å²) in [4.78, 5) is 11.6. The quantitative estimate of drug-likeness (QED) is 0.740. The molecule has 0 aliphatic carbocycles. The molecule has 0 radical (unpaired) electrons. The minimum atomic E-state index is -4.87. The minimum Gasteiger partial charge on any atom is -0.461 e. The largest absolute Gasteiger partial charge is 0.461 e. The van der Waals surface area contributed by atoms with Gasteiger partial charge < -0.3 is 9.26 Å². The van der Waals surface area contributed by atoms with E-state index in [1.54, 1.807) is 0 Å². The average Bonchev–Trinajstić information content (AvgIpc) is 2.83. The van der Waals surface area contributed by atoms with E-state index in [0.29, 0.717) is 0 Å². The number of halogens is 5. The summed E-state index contributed by atoms with van der Waals surface area (Å²) >= 11 is 11.6. The fourth-order valence-electron chi connectivity index (χ4n) is 1.75. The van der Waals surface area contributed by atoms with Crippen molar-refractivity contribution >= 4 is 29.2 Å². The molecular formula is C13H8Cl2F3NO3. The maximum atomic E-state index is 13.3. The zero-order valence-electron chi connectivity index (χ0n) is 11.0. The molecule has 1 aromatic carbocycles. The fourth-order valence-corrected chi connectivity index (χ4v) is 2.24. The van der Waals surface area contributed by atoms with Crippen LogP contribution in [0.4, 0.5) is 13.2 Å². The Morgan fingerprint density at radius 1 is 1.36 bits per heavy atom. The smallest absolute Gasteiger partial charge is 0.422 e. The van der Waals surface area contributed by atoms with Gasteiger partial charge in [-0.15, -0.1) is 0 Å². The Morgan fingerprint density at radius 3 is 2.59 bits per heavy atom. The molecule has 118 valence electrons. The van der Waals surface area contributed by atoms with E-state index >= 15 is 0 Å². The van der Waals surface area contributed by atoms with Crippen molar-refractivity contribution < 1.29 is 27.2 Å². The minimum absolute atomic E-state index is 0.0652. The Kier molecular flexibility index (Phi) is 4.67. The van der Waals surface area contributed by atoms with E-state index in [1.165, 1.54) is 25.1 Å². The van der Waals surface area contributed by atoms with E-state index in [-0.39, 0.29) is 22.2 Å². The number of aromatic nitrogens is 1. The maximum absolute atomic E-state index is 13.3. The summed E-state index contributed by atoms with van der Waals surface area (Å²) in [6, 6.07) is 3.84. The third kappa shape index (κ3) is 3.20. The van der Waals surface area contributed by atoms with Crippen LogP contribution >= 0.6 is 23.2 Å². The lowest BCUT2D eigenvalue weighted by molar-refractivity contribution is -0.137. The summed E-state index contributed by atoms with van der Waals surface area (Å²) in [5.41, 5.74) is -2.37. The van der Waals surface area contributed by atoms with Gasteiger partial charge in [0.1, 0.15) is 5.56 Å². The van der Waals surface area contributed by atoms with Crippen molar-refractivity contribution in [1.82, 2.24) is 5.16 Å². The SMILES string of the molecule is CCOC(=O)c1noc(-c2ccc(Cl)cc2Cl)c1C(F)(F)F. The molecule has 0 aliphatic heterocycles. The topological polar surface area (TPSA) is 52.3 Å². The number of esters is 1. The van der Waals surface area contributed by atoms with Gasteiger partial charge in [0.05, 0.1) is 11.6 Å². The lowest BCUT2D eigenvalue weighted by atomic mass is 10.1. The summed E-state index contributed by atoms with van der Waals surface area (Å²) in [6.07, 6.45) is -4.87. The number of benzene rings is 1. The Balaban J connectivity index is 2.64.